The summed E-state index contributed by atoms with van der Waals surface area (Å²) in [6, 6.07) is 5.26. The summed E-state index contributed by atoms with van der Waals surface area (Å²) < 4.78 is 8.21. The smallest absolute Gasteiger partial charge is 0.257 e. The Morgan fingerprint density at radius 1 is 1.28 bits per heavy atom. The van der Waals surface area contributed by atoms with E-state index in [1.54, 1.807) is 24.4 Å². The molecule has 0 radical (unpaired) electrons. The summed E-state index contributed by atoms with van der Waals surface area (Å²) in [5.41, 5.74) is 2.10. The van der Waals surface area contributed by atoms with Crippen LogP contribution in [0.2, 0.25) is 0 Å². The fraction of sp³-hybridized carbons (Fsp3) is 0.0909. The molecule has 0 aliphatic heterocycles. The molecule has 1 aromatic carbocycles. The van der Waals surface area contributed by atoms with Gasteiger partial charge in [-0.05, 0) is 25.1 Å². The Hall–Kier alpha value is -1.86. The molecule has 1 amide bonds. The maximum absolute atomic E-state index is 12.0. The summed E-state index contributed by atoms with van der Waals surface area (Å²) >= 11 is 2.59. The molecule has 7 heteroatoms. The van der Waals surface area contributed by atoms with Gasteiger partial charge in [0.05, 0.1) is 11.7 Å². The number of rotatable bonds is 2. The molecule has 1 N–H and O–H groups in total. The van der Waals surface area contributed by atoms with Gasteiger partial charge < -0.3 is 0 Å². The van der Waals surface area contributed by atoms with Crippen molar-refractivity contribution in [3.8, 4) is 0 Å². The second-order valence-electron chi connectivity index (χ2n) is 3.70. The predicted molar refractivity (Wildman–Crippen MR) is 72.2 cm³/mol. The lowest BCUT2D eigenvalue weighted by Gasteiger charge is -2.00. The van der Waals surface area contributed by atoms with E-state index >= 15 is 0 Å². The van der Waals surface area contributed by atoms with Crippen molar-refractivity contribution in [2.45, 2.75) is 6.92 Å². The van der Waals surface area contributed by atoms with Gasteiger partial charge in [-0.1, -0.05) is 0 Å². The standard InChI is InChI=1S/C11H8N4OS2/c1-6-5-12-11(17-6)13-10(16)7-2-3-8-9(4-7)15-18-14-8/h2-5H,1H3,(H,12,13,16). The Morgan fingerprint density at radius 3 is 2.89 bits per heavy atom. The van der Waals surface area contributed by atoms with E-state index in [4.69, 9.17) is 0 Å². The fourth-order valence-corrected chi connectivity index (χ4v) is 2.68. The SMILES string of the molecule is Cc1cnc(NC(=O)c2ccc3nsnc3c2)s1. The zero-order valence-electron chi connectivity index (χ0n) is 9.38. The van der Waals surface area contributed by atoms with E-state index in [1.807, 2.05) is 6.92 Å². The molecule has 0 bridgehead atoms. The number of hydrogen-bond acceptors (Lipinski definition) is 6. The van der Waals surface area contributed by atoms with Crippen molar-refractivity contribution in [3.05, 3.63) is 34.8 Å². The number of carbonyl (C=O) groups excluding carboxylic acids is 1. The molecule has 5 nitrogen and oxygen atoms in total. The minimum atomic E-state index is -0.181. The van der Waals surface area contributed by atoms with Crippen LogP contribution in [0.25, 0.3) is 11.0 Å². The third kappa shape index (κ3) is 2.09. The summed E-state index contributed by atoms with van der Waals surface area (Å²) in [7, 11) is 0. The number of carbonyl (C=O) groups is 1. The highest BCUT2D eigenvalue weighted by Crippen LogP contribution is 2.19. The van der Waals surface area contributed by atoms with Gasteiger partial charge in [0, 0.05) is 16.6 Å². The molecule has 90 valence electrons. The van der Waals surface area contributed by atoms with Crippen LogP contribution in [-0.2, 0) is 0 Å². The van der Waals surface area contributed by atoms with Crippen molar-refractivity contribution in [1.29, 1.82) is 0 Å². The largest absolute Gasteiger partial charge is 0.298 e. The zero-order chi connectivity index (χ0) is 12.5. The predicted octanol–water partition coefficient (Wildman–Crippen LogP) is 2.71. The first kappa shape index (κ1) is 11.2. The molecule has 0 fully saturated rings. The van der Waals surface area contributed by atoms with E-state index in [9.17, 15) is 4.79 Å². The number of anilines is 1. The molecule has 2 heterocycles. The third-order valence-corrected chi connectivity index (χ3v) is 3.74. The molecule has 0 spiro atoms. The molecule has 3 rings (SSSR count). The Bertz CT molecular complexity index is 718. The number of thiazole rings is 1. The molecule has 2 aromatic heterocycles. The highest BCUT2D eigenvalue weighted by atomic mass is 32.1. The van der Waals surface area contributed by atoms with Gasteiger partial charge in [-0.3, -0.25) is 10.1 Å². The maximum Gasteiger partial charge on any atom is 0.257 e. The van der Waals surface area contributed by atoms with Crippen molar-refractivity contribution in [1.82, 2.24) is 13.7 Å². The van der Waals surface area contributed by atoms with E-state index in [0.717, 1.165) is 27.6 Å². The average molecular weight is 276 g/mol. The van der Waals surface area contributed by atoms with E-state index < -0.39 is 0 Å². The van der Waals surface area contributed by atoms with E-state index in [0.29, 0.717) is 10.7 Å². The van der Waals surface area contributed by atoms with Gasteiger partial charge in [0.1, 0.15) is 11.0 Å². The second-order valence-corrected chi connectivity index (χ2v) is 5.46. The van der Waals surface area contributed by atoms with Crippen LogP contribution in [0, 0.1) is 6.92 Å². The number of benzene rings is 1. The minimum absolute atomic E-state index is 0.181. The molecular weight excluding hydrogens is 268 g/mol. The Kier molecular flexibility index (Phi) is 2.77. The topological polar surface area (TPSA) is 67.8 Å². The first-order valence-corrected chi connectivity index (χ1v) is 6.73. The Labute approximate surface area is 111 Å². The average Bonchev–Trinajstić information content (AvgIpc) is 2.96. The maximum atomic E-state index is 12.0. The van der Waals surface area contributed by atoms with Crippen LogP contribution >= 0.6 is 23.1 Å². The van der Waals surface area contributed by atoms with E-state index in [2.05, 4.69) is 19.0 Å². The lowest BCUT2D eigenvalue weighted by atomic mass is 10.2. The normalized spacial score (nSPS) is 10.7. The molecule has 0 saturated heterocycles. The molecule has 0 aliphatic carbocycles. The Balaban J connectivity index is 1.87. The number of fused-ring (bicyclic) bond motifs is 1. The molecule has 0 saturated carbocycles. The van der Waals surface area contributed by atoms with Crippen molar-refractivity contribution in [3.63, 3.8) is 0 Å². The lowest BCUT2D eigenvalue weighted by Crippen LogP contribution is -2.11. The van der Waals surface area contributed by atoms with Crippen molar-refractivity contribution in [2.75, 3.05) is 5.32 Å². The summed E-state index contributed by atoms with van der Waals surface area (Å²) in [5.74, 6) is -0.181. The number of aromatic nitrogens is 3. The van der Waals surface area contributed by atoms with Crippen LogP contribution < -0.4 is 5.32 Å². The number of nitrogens with one attached hydrogen (secondary N) is 1. The third-order valence-electron chi connectivity index (χ3n) is 2.36. The lowest BCUT2D eigenvalue weighted by molar-refractivity contribution is 0.102. The van der Waals surface area contributed by atoms with Crippen LogP contribution in [0.5, 0.6) is 0 Å². The zero-order valence-corrected chi connectivity index (χ0v) is 11.0. The fourth-order valence-electron chi connectivity index (χ4n) is 1.51. The molecule has 0 atom stereocenters. The summed E-state index contributed by atoms with van der Waals surface area (Å²) in [6.07, 6.45) is 1.73. The Morgan fingerprint density at radius 2 is 2.11 bits per heavy atom. The van der Waals surface area contributed by atoms with Gasteiger partial charge in [-0.15, -0.1) is 11.3 Å². The number of aryl methyl sites for hydroxylation is 1. The summed E-state index contributed by atoms with van der Waals surface area (Å²) in [6.45, 7) is 1.94. The van der Waals surface area contributed by atoms with Crippen molar-refractivity contribution < 1.29 is 4.79 Å². The number of nitrogens with zero attached hydrogens (tertiary/aromatic N) is 3. The molecule has 0 aliphatic rings. The van der Waals surface area contributed by atoms with Crippen LogP contribution in [0.4, 0.5) is 5.13 Å². The molecule has 18 heavy (non-hydrogen) atoms. The van der Waals surface area contributed by atoms with Gasteiger partial charge >= 0.3 is 0 Å². The molecule has 0 unspecified atom stereocenters. The van der Waals surface area contributed by atoms with Gasteiger partial charge in [0.25, 0.3) is 5.91 Å². The van der Waals surface area contributed by atoms with Crippen LogP contribution in [-0.4, -0.2) is 19.6 Å². The second kappa shape index (κ2) is 4.43. The monoisotopic (exact) mass is 276 g/mol. The number of hydrogen-bond donors (Lipinski definition) is 1. The van der Waals surface area contributed by atoms with Crippen LogP contribution in [0.15, 0.2) is 24.4 Å². The van der Waals surface area contributed by atoms with Gasteiger partial charge in [-0.25, -0.2) is 4.98 Å². The highest BCUT2D eigenvalue weighted by Gasteiger charge is 2.10. The molecular formula is C11H8N4OS2. The van der Waals surface area contributed by atoms with Gasteiger partial charge in [0.15, 0.2) is 5.13 Å². The van der Waals surface area contributed by atoms with Gasteiger partial charge in [0.2, 0.25) is 0 Å². The van der Waals surface area contributed by atoms with E-state index in [-0.39, 0.29) is 5.91 Å². The van der Waals surface area contributed by atoms with Gasteiger partial charge in [-0.2, -0.15) is 8.75 Å². The summed E-state index contributed by atoms with van der Waals surface area (Å²) in [5, 5.41) is 3.37. The first-order valence-electron chi connectivity index (χ1n) is 5.18. The summed E-state index contributed by atoms with van der Waals surface area (Å²) in [4.78, 5) is 17.2. The van der Waals surface area contributed by atoms with Crippen LogP contribution in [0.3, 0.4) is 0 Å². The van der Waals surface area contributed by atoms with Crippen molar-refractivity contribution in [2.24, 2.45) is 0 Å². The first-order chi connectivity index (χ1) is 8.72. The minimum Gasteiger partial charge on any atom is -0.298 e. The van der Waals surface area contributed by atoms with Crippen LogP contribution in [0.1, 0.15) is 15.2 Å². The van der Waals surface area contributed by atoms with E-state index in [1.165, 1.54) is 11.3 Å². The number of amides is 1. The van der Waals surface area contributed by atoms with Crippen molar-refractivity contribution >= 4 is 45.1 Å². The molecule has 3 aromatic rings. The highest BCUT2D eigenvalue weighted by molar-refractivity contribution is 7.15. The quantitative estimate of drug-likeness (QED) is 0.781.